The zero-order valence-electron chi connectivity index (χ0n) is 8.89. The number of hydrogen-bond acceptors (Lipinski definition) is 4. The van der Waals surface area contributed by atoms with Gasteiger partial charge in [-0.3, -0.25) is 4.98 Å². The largest absolute Gasteiger partial charge is 0.392 e. The van der Waals surface area contributed by atoms with Crippen LogP contribution >= 0.6 is 11.3 Å². The lowest BCUT2D eigenvalue weighted by Gasteiger charge is -2.07. The first-order valence-corrected chi connectivity index (χ1v) is 6.04. The fourth-order valence-corrected chi connectivity index (χ4v) is 2.10. The highest BCUT2D eigenvalue weighted by Crippen LogP contribution is 2.09. The van der Waals surface area contributed by atoms with Crippen LogP contribution in [-0.2, 0) is 19.7 Å². The fraction of sp³-hybridized carbons (Fsp3) is 0.250. The van der Waals surface area contributed by atoms with Crippen LogP contribution in [0.25, 0.3) is 0 Å². The molecular formula is C12H14N2OS. The van der Waals surface area contributed by atoms with Crippen LogP contribution in [-0.4, -0.2) is 10.1 Å². The number of nitrogens with one attached hydrogen (secondary N) is 1. The smallest absolute Gasteiger partial charge is 0.0794 e. The van der Waals surface area contributed by atoms with Crippen molar-refractivity contribution in [3.63, 3.8) is 0 Å². The first-order valence-electron chi connectivity index (χ1n) is 5.16. The lowest BCUT2D eigenvalue weighted by molar-refractivity contribution is 0.280. The van der Waals surface area contributed by atoms with Crippen LogP contribution in [0.3, 0.4) is 0 Å². The first kappa shape index (κ1) is 11.3. The zero-order chi connectivity index (χ0) is 11.2. The molecule has 1 aromatic heterocycles. The standard InChI is InChI=1S/C12H14N2OS/c15-8-11-4-2-1-3-10(11)5-13-6-12-7-14-9-16-12/h1-4,7,9,13,15H,5-6,8H2. The van der Waals surface area contributed by atoms with E-state index in [9.17, 15) is 0 Å². The molecule has 0 atom stereocenters. The SMILES string of the molecule is OCc1ccccc1CNCc1cncs1. The second kappa shape index (κ2) is 5.75. The highest BCUT2D eigenvalue weighted by atomic mass is 32.1. The molecule has 0 unspecified atom stereocenters. The van der Waals surface area contributed by atoms with Gasteiger partial charge in [-0.1, -0.05) is 24.3 Å². The minimum Gasteiger partial charge on any atom is -0.392 e. The molecule has 0 bridgehead atoms. The summed E-state index contributed by atoms with van der Waals surface area (Å²) in [4.78, 5) is 5.24. The molecule has 16 heavy (non-hydrogen) atoms. The van der Waals surface area contributed by atoms with E-state index in [-0.39, 0.29) is 6.61 Å². The maximum absolute atomic E-state index is 9.17. The average molecular weight is 234 g/mol. The predicted octanol–water partition coefficient (Wildman–Crippen LogP) is 1.93. The molecule has 84 valence electrons. The van der Waals surface area contributed by atoms with Crippen molar-refractivity contribution in [2.24, 2.45) is 0 Å². The van der Waals surface area contributed by atoms with Gasteiger partial charge in [0.25, 0.3) is 0 Å². The number of aliphatic hydroxyl groups is 1. The minimum atomic E-state index is 0.0956. The van der Waals surface area contributed by atoms with E-state index in [0.717, 1.165) is 24.2 Å². The minimum absolute atomic E-state index is 0.0956. The second-order valence-corrected chi connectivity index (χ2v) is 4.47. The van der Waals surface area contributed by atoms with E-state index < -0.39 is 0 Å². The Bertz CT molecular complexity index is 428. The summed E-state index contributed by atoms with van der Waals surface area (Å²) in [5.41, 5.74) is 3.97. The molecule has 1 heterocycles. The second-order valence-electron chi connectivity index (χ2n) is 3.50. The molecule has 0 radical (unpaired) electrons. The molecule has 0 aliphatic heterocycles. The van der Waals surface area contributed by atoms with Gasteiger partial charge in [-0.05, 0) is 11.1 Å². The molecule has 0 fully saturated rings. The van der Waals surface area contributed by atoms with Crippen LogP contribution in [0, 0.1) is 0 Å². The number of aliphatic hydroxyl groups excluding tert-OH is 1. The number of rotatable bonds is 5. The van der Waals surface area contributed by atoms with Gasteiger partial charge in [0.05, 0.1) is 12.1 Å². The lowest BCUT2D eigenvalue weighted by Crippen LogP contribution is -2.13. The van der Waals surface area contributed by atoms with Gasteiger partial charge in [-0.25, -0.2) is 0 Å². The van der Waals surface area contributed by atoms with E-state index in [4.69, 9.17) is 5.11 Å². The third kappa shape index (κ3) is 2.88. The predicted molar refractivity (Wildman–Crippen MR) is 65.0 cm³/mol. The van der Waals surface area contributed by atoms with Gasteiger partial charge < -0.3 is 10.4 Å². The number of thiazole rings is 1. The topological polar surface area (TPSA) is 45.1 Å². The van der Waals surface area contributed by atoms with Crippen molar-refractivity contribution in [3.8, 4) is 0 Å². The Morgan fingerprint density at radius 2 is 2.00 bits per heavy atom. The zero-order valence-corrected chi connectivity index (χ0v) is 9.70. The number of hydrogen-bond donors (Lipinski definition) is 2. The fourth-order valence-electron chi connectivity index (χ4n) is 1.53. The van der Waals surface area contributed by atoms with Crippen molar-refractivity contribution in [3.05, 3.63) is 52.0 Å². The van der Waals surface area contributed by atoms with Crippen molar-refractivity contribution in [1.82, 2.24) is 10.3 Å². The number of benzene rings is 1. The Balaban J connectivity index is 1.89. The van der Waals surface area contributed by atoms with Gasteiger partial charge in [0, 0.05) is 24.2 Å². The third-order valence-electron chi connectivity index (χ3n) is 2.39. The maximum Gasteiger partial charge on any atom is 0.0794 e. The lowest BCUT2D eigenvalue weighted by atomic mass is 10.1. The molecule has 2 N–H and O–H groups in total. The quantitative estimate of drug-likeness (QED) is 0.831. The van der Waals surface area contributed by atoms with Crippen LogP contribution in [0.4, 0.5) is 0 Å². The summed E-state index contributed by atoms with van der Waals surface area (Å²) < 4.78 is 0. The summed E-state index contributed by atoms with van der Waals surface area (Å²) in [7, 11) is 0. The summed E-state index contributed by atoms with van der Waals surface area (Å²) >= 11 is 1.65. The van der Waals surface area contributed by atoms with Crippen molar-refractivity contribution < 1.29 is 5.11 Å². The molecule has 0 saturated carbocycles. The summed E-state index contributed by atoms with van der Waals surface area (Å²) in [6.07, 6.45) is 1.87. The third-order valence-corrected chi connectivity index (χ3v) is 3.17. The summed E-state index contributed by atoms with van der Waals surface area (Å²) in [5.74, 6) is 0. The van der Waals surface area contributed by atoms with Gasteiger partial charge >= 0.3 is 0 Å². The Kier molecular flexibility index (Phi) is 4.04. The molecule has 0 saturated heterocycles. The van der Waals surface area contributed by atoms with Crippen LogP contribution in [0.2, 0.25) is 0 Å². The molecule has 1 aromatic carbocycles. The van der Waals surface area contributed by atoms with Gasteiger partial charge in [-0.2, -0.15) is 0 Å². The van der Waals surface area contributed by atoms with E-state index in [1.165, 1.54) is 4.88 Å². The molecule has 0 spiro atoms. The molecule has 4 heteroatoms. The summed E-state index contributed by atoms with van der Waals surface area (Å²) in [6.45, 7) is 1.69. The number of nitrogens with zero attached hydrogens (tertiary/aromatic N) is 1. The normalized spacial score (nSPS) is 10.6. The highest BCUT2D eigenvalue weighted by Gasteiger charge is 2.00. The van der Waals surface area contributed by atoms with E-state index in [2.05, 4.69) is 10.3 Å². The van der Waals surface area contributed by atoms with Crippen molar-refractivity contribution in [1.29, 1.82) is 0 Å². The summed E-state index contributed by atoms with van der Waals surface area (Å²) in [5, 5.41) is 12.5. The van der Waals surface area contributed by atoms with Crippen molar-refractivity contribution in [2.75, 3.05) is 0 Å². The van der Waals surface area contributed by atoms with Gasteiger partial charge in [0.2, 0.25) is 0 Å². The Hall–Kier alpha value is -1.23. The highest BCUT2D eigenvalue weighted by molar-refractivity contribution is 7.09. The van der Waals surface area contributed by atoms with Crippen molar-refractivity contribution >= 4 is 11.3 Å². The Morgan fingerprint density at radius 1 is 1.19 bits per heavy atom. The van der Waals surface area contributed by atoms with Gasteiger partial charge in [0.1, 0.15) is 0 Å². The van der Waals surface area contributed by atoms with Crippen molar-refractivity contribution in [2.45, 2.75) is 19.7 Å². The van der Waals surface area contributed by atoms with Crippen LogP contribution < -0.4 is 5.32 Å². The van der Waals surface area contributed by atoms with Crippen LogP contribution in [0.5, 0.6) is 0 Å². The van der Waals surface area contributed by atoms with Gasteiger partial charge in [0.15, 0.2) is 0 Å². The summed E-state index contributed by atoms with van der Waals surface area (Å²) in [6, 6.07) is 7.91. The molecule has 0 aliphatic rings. The molecule has 2 rings (SSSR count). The average Bonchev–Trinajstić information content (AvgIpc) is 2.83. The molecular weight excluding hydrogens is 220 g/mol. The number of aromatic nitrogens is 1. The molecule has 3 nitrogen and oxygen atoms in total. The Labute approximate surface area is 98.8 Å². The first-order chi connectivity index (χ1) is 7.90. The molecule has 2 aromatic rings. The maximum atomic E-state index is 9.17. The molecule has 0 amide bonds. The van der Waals surface area contributed by atoms with E-state index >= 15 is 0 Å². The Morgan fingerprint density at radius 3 is 2.69 bits per heavy atom. The van der Waals surface area contributed by atoms with Crippen LogP contribution in [0.1, 0.15) is 16.0 Å². The van der Waals surface area contributed by atoms with E-state index in [0.29, 0.717) is 0 Å². The van der Waals surface area contributed by atoms with E-state index in [1.54, 1.807) is 11.3 Å². The van der Waals surface area contributed by atoms with Gasteiger partial charge in [-0.15, -0.1) is 11.3 Å². The van der Waals surface area contributed by atoms with Crippen LogP contribution in [0.15, 0.2) is 36.0 Å². The monoisotopic (exact) mass is 234 g/mol. The molecule has 0 aliphatic carbocycles. The van der Waals surface area contributed by atoms with E-state index in [1.807, 2.05) is 36.0 Å².